The number of benzene rings is 12. The molecule has 0 saturated heterocycles. The molecule has 0 spiro atoms. The smallest absolute Gasteiger partial charge is 0.412 e. The fourth-order valence-corrected chi connectivity index (χ4v) is 14.7. The van der Waals surface area contributed by atoms with Gasteiger partial charge in [-0.05, 0) is 262 Å². The maximum atomic E-state index is 11.6. The fraction of sp³-hybridized carbons (Fsp3) is 0.304. The van der Waals surface area contributed by atoms with E-state index in [-0.39, 0.29) is 19.8 Å². The van der Waals surface area contributed by atoms with E-state index in [0.717, 1.165) is 119 Å². The van der Waals surface area contributed by atoms with E-state index < -0.39 is 36.6 Å². The molecule has 12 aromatic carbocycles. The van der Waals surface area contributed by atoms with Crippen molar-refractivity contribution in [2.75, 3.05) is 48.9 Å². The van der Waals surface area contributed by atoms with Gasteiger partial charge in [0.15, 0.2) is 0 Å². The van der Waals surface area contributed by atoms with E-state index in [1.807, 2.05) is 217 Å². The Morgan fingerprint density at radius 2 is 0.518 bits per heavy atom. The number of rotatable bonds is 30. The number of aryl methyl sites for hydroxylation is 14. The van der Waals surface area contributed by atoms with E-state index in [1.165, 1.54) is 81.5 Å². The Labute approximate surface area is 822 Å². The Bertz CT molecular complexity index is 5850. The maximum absolute atomic E-state index is 11.6. The molecule has 7 N–H and O–H groups in total. The van der Waals surface area contributed by atoms with E-state index in [9.17, 15) is 33.9 Å². The number of carbonyl (C=O) groups is 6. The first-order valence-electron chi connectivity index (χ1n) is 45.8. The summed E-state index contributed by atoms with van der Waals surface area (Å²) >= 11 is 4.34. The Hall–Kier alpha value is -14.8. The summed E-state index contributed by atoms with van der Waals surface area (Å²) in [4.78, 5) is 69.1. The highest BCUT2D eigenvalue weighted by Gasteiger charge is 2.29. The molecule has 139 heavy (non-hydrogen) atoms. The zero-order chi connectivity index (χ0) is 101. The van der Waals surface area contributed by atoms with Crippen LogP contribution in [0.4, 0.5) is 28.8 Å². The molecule has 0 heterocycles. The van der Waals surface area contributed by atoms with Gasteiger partial charge in [-0.1, -0.05) is 180 Å². The van der Waals surface area contributed by atoms with Gasteiger partial charge < -0.3 is 98.6 Å². The van der Waals surface area contributed by atoms with Crippen LogP contribution in [-0.2, 0) is 58.4 Å². The van der Waals surface area contributed by atoms with Crippen LogP contribution in [-0.4, -0.2) is 90.6 Å². The van der Waals surface area contributed by atoms with Crippen molar-refractivity contribution in [3.8, 4) is 74.7 Å². The average Bonchev–Trinajstić information content (AvgIpc) is 1.67. The molecule has 26 nitrogen and oxygen atoms in total. The highest BCUT2D eigenvalue weighted by molar-refractivity contribution is 7.79. The quantitative estimate of drug-likeness (QED) is 0.0194. The molecule has 1 saturated carbocycles. The zero-order valence-corrected chi connectivity index (χ0v) is 84.4. The van der Waals surface area contributed by atoms with Crippen LogP contribution >= 0.6 is 12.6 Å². The molecule has 0 unspecified atom stereocenters. The molecule has 1 aliphatic carbocycles. The normalized spacial score (nSPS) is 10.8. The van der Waals surface area contributed by atoms with Gasteiger partial charge in [0.25, 0.3) is 0 Å². The van der Waals surface area contributed by atoms with Crippen LogP contribution in [0.3, 0.4) is 0 Å². The van der Waals surface area contributed by atoms with Crippen molar-refractivity contribution in [1.82, 2.24) is 31.9 Å². The van der Waals surface area contributed by atoms with Crippen molar-refractivity contribution in [1.29, 1.82) is 0 Å². The van der Waals surface area contributed by atoms with Crippen LogP contribution in [0.2, 0.25) is 0 Å². The van der Waals surface area contributed by atoms with E-state index in [0.29, 0.717) is 102 Å². The van der Waals surface area contributed by atoms with Crippen molar-refractivity contribution in [3.63, 3.8) is 0 Å². The van der Waals surface area contributed by atoms with Crippen LogP contribution in [0.25, 0.3) is 0 Å². The summed E-state index contributed by atoms with van der Waals surface area (Å²) in [5, 5.41) is 24.2. The lowest BCUT2D eigenvalue weighted by molar-refractivity contribution is 0.199. The number of hydrogen-bond donors (Lipinski definition) is 8. The first kappa shape index (κ1) is 109. The molecule has 6 amide bonds. The van der Waals surface area contributed by atoms with Crippen molar-refractivity contribution >= 4 is 49.2 Å². The second-order valence-corrected chi connectivity index (χ2v) is 33.2. The second-order valence-electron chi connectivity index (χ2n) is 32.8. The predicted octanol–water partition coefficient (Wildman–Crippen LogP) is 23.7. The monoisotopic (exact) mass is 1910 g/mol. The average molecular weight is 1910 g/mol. The highest BCUT2D eigenvalue weighted by atomic mass is 32.1. The lowest BCUT2D eigenvalue weighted by Crippen LogP contribution is -2.23. The summed E-state index contributed by atoms with van der Waals surface area (Å²) in [7, 11) is 9.15. The molecule has 0 radical (unpaired) electrons. The van der Waals surface area contributed by atoms with Crippen LogP contribution in [0.15, 0.2) is 218 Å². The van der Waals surface area contributed by atoms with E-state index in [2.05, 4.69) is 102 Å². The molecule has 0 bridgehead atoms. The molecule has 12 aromatic rings. The second kappa shape index (κ2) is 56.0. The molecule has 0 aromatic heterocycles. The van der Waals surface area contributed by atoms with Crippen molar-refractivity contribution in [3.05, 3.63) is 346 Å². The van der Waals surface area contributed by atoms with Gasteiger partial charge in [-0.3, -0.25) is 0 Å². The largest absolute Gasteiger partial charge is 0.493 e. The lowest BCUT2D eigenvalue weighted by Gasteiger charge is -2.16. The molecular formula is C112H132N6O20S. The summed E-state index contributed by atoms with van der Waals surface area (Å²) in [5.41, 5.74) is 23.5. The summed E-state index contributed by atoms with van der Waals surface area (Å²) in [6, 6.07) is 69.4. The number of amides is 6. The topological polar surface area (TPSA) is 315 Å². The summed E-state index contributed by atoms with van der Waals surface area (Å²) < 4.78 is 73.2. The molecule has 0 atom stereocenters. The van der Waals surface area contributed by atoms with Crippen LogP contribution in [0, 0.1) is 90.0 Å². The van der Waals surface area contributed by atoms with Gasteiger partial charge in [0.1, 0.15) is 114 Å². The lowest BCUT2D eigenvalue weighted by atomic mass is 10.0. The SMILES string of the molecule is CCOc1cccc(OC(=O)NC)c1COc1ccc(C)cc1C.CCc1cccc(OC(=O)NC)c1COc1ccc(C)cc1C.CNC(=O)Oc1cccc(C)c1COc1ccc(C)cc1C.CNC(=O)Oc1cccc(C2CC2)c1COc1ccc(C)cc1C.CNC(=O)Oc1cccc(CO)c1COc1ccc(C)cc1C.CNC(=O)Oc1cccc(CS)c1COc1ccc(C)cc1C. The third-order valence-corrected chi connectivity index (χ3v) is 22.4. The summed E-state index contributed by atoms with van der Waals surface area (Å²) in [6.45, 7) is 32.5. The molecule has 0 aliphatic heterocycles. The van der Waals surface area contributed by atoms with Gasteiger partial charge in [0, 0.05) is 75.9 Å². The number of hydrogen-bond acceptors (Lipinski definition) is 21. The fourth-order valence-electron chi connectivity index (χ4n) is 14.5. The number of nitrogens with one attached hydrogen (secondary N) is 6. The third kappa shape index (κ3) is 34.4. The van der Waals surface area contributed by atoms with Crippen molar-refractivity contribution in [2.24, 2.45) is 0 Å². The molecule has 27 heteroatoms. The predicted molar refractivity (Wildman–Crippen MR) is 547 cm³/mol. The minimum absolute atomic E-state index is 0.156. The van der Waals surface area contributed by atoms with E-state index in [1.54, 1.807) is 55.6 Å². The first-order valence-corrected chi connectivity index (χ1v) is 46.5. The van der Waals surface area contributed by atoms with Gasteiger partial charge in [0.2, 0.25) is 0 Å². The van der Waals surface area contributed by atoms with Crippen LogP contribution < -0.4 is 93.5 Å². The number of aliphatic hydroxyl groups excluding tert-OH is 1. The molecule has 1 aliphatic rings. The Morgan fingerprint density at radius 1 is 0.273 bits per heavy atom. The highest BCUT2D eigenvalue weighted by Crippen LogP contribution is 2.45. The summed E-state index contributed by atoms with van der Waals surface area (Å²) in [6.07, 6.45) is 0.176. The van der Waals surface area contributed by atoms with Gasteiger partial charge >= 0.3 is 36.6 Å². The van der Waals surface area contributed by atoms with Gasteiger partial charge in [-0.15, -0.1) is 0 Å². The Kier molecular flexibility index (Phi) is 44.1. The number of thiol groups is 1. The standard InChI is InChI=1S/C20H23NO3.C19H23NO4.C19H23NO3.C18H21NO4.C18H21NO3S.C18H21NO3/c1-13-7-10-18(14(2)11-13)23-12-17-16(15-8-9-15)5-4-6-19(17)24-20(22)21-3;1-5-22-17-7-6-8-18(24-19(21)20-4)15(17)12-23-16-10-9-13(2)11-14(16)3;1-5-15-7-6-8-18(23-19(21)20-4)16(15)12-22-17-10-9-13(2)11-14(17)3;1-12-7-8-16(13(2)9-12)22-11-15-14(10-20)5-4-6-17(15)23-18(21)19-3;1-12-7-8-16(13(2)9-12)21-10-15-14(11-23)5-4-6-17(15)22-18(20)19-3;1-12-8-9-16(14(3)10-12)21-11-15-13(2)6-5-7-17(15)22-18(20)19-4/h4-7,10-11,15H,8-9,12H2,1-3H3,(H,21,22);6-11H,5,12H2,1-4H3,(H,20,21);6-11H,5,12H2,1-4H3,(H,20,21);4-9,20H,10-11H2,1-3H3,(H,19,21);4-9,23H,10-11H2,1-3H3,(H,19,20);5-10H,11H2,1-4H3,(H,19,20). The summed E-state index contributed by atoms with van der Waals surface area (Å²) in [5.74, 6) is 9.54. The first-order chi connectivity index (χ1) is 66.8. The van der Waals surface area contributed by atoms with E-state index in [4.69, 9.17) is 61.6 Å². The van der Waals surface area contributed by atoms with Gasteiger partial charge in [-0.2, -0.15) is 12.6 Å². The minimum Gasteiger partial charge on any atom is -0.493 e. The Morgan fingerprint density at radius 3 is 0.813 bits per heavy atom. The van der Waals surface area contributed by atoms with Gasteiger partial charge in [-0.25, -0.2) is 28.8 Å². The molecule has 1 fully saturated rings. The number of carbonyl (C=O) groups excluding carboxylic acids is 6. The van der Waals surface area contributed by atoms with E-state index >= 15 is 0 Å². The minimum atomic E-state index is -0.562. The van der Waals surface area contributed by atoms with Gasteiger partial charge in [0.05, 0.1) is 18.8 Å². The number of ether oxygens (including phenoxy) is 13. The third-order valence-electron chi connectivity index (χ3n) is 22.0. The van der Waals surface area contributed by atoms with Crippen LogP contribution in [0.5, 0.6) is 74.7 Å². The zero-order valence-electron chi connectivity index (χ0n) is 83.5. The number of aliphatic hydroxyl groups is 1. The van der Waals surface area contributed by atoms with Crippen molar-refractivity contribution < 1.29 is 95.5 Å². The van der Waals surface area contributed by atoms with Crippen LogP contribution in [0.1, 0.15) is 161 Å². The molecule has 736 valence electrons. The maximum Gasteiger partial charge on any atom is 0.412 e. The Balaban J connectivity index is 0.000000205. The molecular weight excluding hydrogens is 1780 g/mol. The van der Waals surface area contributed by atoms with Crippen molar-refractivity contribution in [2.45, 2.75) is 181 Å². The molecule has 13 rings (SSSR count).